The molecule has 0 bridgehead atoms. The lowest BCUT2D eigenvalue weighted by Gasteiger charge is -2.26. The predicted octanol–water partition coefficient (Wildman–Crippen LogP) is -0.205. The van der Waals surface area contributed by atoms with Crippen LogP contribution in [0.4, 0.5) is 5.69 Å². The number of carbonyl (C=O) groups excluding carboxylic acids is 1. The van der Waals surface area contributed by atoms with E-state index in [9.17, 15) is 23.4 Å². The van der Waals surface area contributed by atoms with Crippen LogP contribution in [-0.4, -0.2) is 78.0 Å². The van der Waals surface area contributed by atoms with Crippen LogP contribution in [0, 0.1) is 0 Å². The lowest BCUT2D eigenvalue weighted by molar-refractivity contribution is -0.129. The lowest BCUT2D eigenvalue weighted by Crippen LogP contribution is -2.53. The van der Waals surface area contributed by atoms with E-state index in [-0.39, 0.29) is 28.9 Å². The van der Waals surface area contributed by atoms with Crippen molar-refractivity contribution in [1.29, 1.82) is 0 Å². The number of nitrogens with one attached hydrogen (secondary N) is 2. The summed E-state index contributed by atoms with van der Waals surface area (Å²) in [6, 6.07) is 12.9. The normalized spacial score (nSPS) is 16.9. The Morgan fingerprint density at radius 3 is 2.51 bits per heavy atom. The van der Waals surface area contributed by atoms with Crippen molar-refractivity contribution < 1.29 is 28.3 Å². The molecular formula is C23H32N6O6S2. The molecule has 2 aromatic rings. The van der Waals surface area contributed by atoms with Crippen molar-refractivity contribution in [2.75, 3.05) is 30.3 Å². The minimum Gasteiger partial charge on any atom is -0.370 e. The number of benzene rings is 2. The molecule has 1 heterocycles. The highest BCUT2D eigenvalue weighted by Crippen LogP contribution is 2.28. The molecule has 0 aromatic heterocycles. The molecule has 2 aromatic carbocycles. The first-order valence-corrected chi connectivity index (χ1v) is 14.1. The highest BCUT2D eigenvalue weighted by molar-refractivity contribution is 8.00. The van der Waals surface area contributed by atoms with Gasteiger partial charge in [-0.3, -0.25) is 20.1 Å². The number of anilines is 1. The van der Waals surface area contributed by atoms with Gasteiger partial charge in [-0.25, -0.2) is 8.42 Å². The van der Waals surface area contributed by atoms with Crippen molar-refractivity contribution in [2.24, 2.45) is 16.5 Å². The van der Waals surface area contributed by atoms with E-state index in [4.69, 9.17) is 16.3 Å². The largest absolute Gasteiger partial charge is 0.370 e. The van der Waals surface area contributed by atoms with Gasteiger partial charge in [0.25, 0.3) is 0 Å². The van der Waals surface area contributed by atoms with Crippen LogP contribution < -0.4 is 22.3 Å². The molecule has 2 unspecified atom stereocenters. The van der Waals surface area contributed by atoms with Gasteiger partial charge in [0.2, 0.25) is 15.9 Å². The van der Waals surface area contributed by atoms with Gasteiger partial charge in [0, 0.05) is 12.3 Å². The fourth-order valence-electron chi connectivity index (χ4n) is 3.55. The maximum atomic E-state index is 13.0. The number of aliphatic imine (C=N–C) groups is 1. The van der Waals surface area contributed by atoms with E-state index in [1.807, 2.05) is 0 Å². The van der Waals surface area contributed by atoms with E-state index in [1.165, 1.54) is 23.9 Å². The Labute approximate surface area is 220 Å². The number of rotatable bonds is 13. The summed E-state index contributed by atoms with van der Waals surface area (Å²) < 4.78 is 27.2. The molecule has 1 aliphatic heterocycles. The minimum absolute atomic E-state index is 0.0303. The topological polar surface area (TPSA) is 193 Å². The Bertz CT molecular complexity index is 1140. The van der Waals surface area contributed by atoms with Gasteiger partial charge in [0.05, 0.1) is 29.1 Å². The smallest absolute Gasteiger partial charge is 0.244 e. The summed E-state index contributed by atoms with van der Waals surface area (Å²) in [6.45, 7) is 0.842. The summed E-state index contributed by atoms with van der Waals surface area (Å²) >= 11 is 1.32. The number of nitrogens with two attached hydrogens (primary N) is 2. The molecule has 8 N–H and O–H groups in total. The van der Waals surface area contributed by atoms with E-state index in [1.54, 1.807) is 42.5 Å². The van der Waals surface area contributed by atoms with Crippen molar-refractivity contribution >= 4 is 39.3 Å². The number of nitrogens with zero attached hydrogens (tertiary/aromatic N) is 2. The second-order valence-corrected chi connectivity index (χ2v) is 11.2. The minimum atomic E-state index is -3.88. The van der Waals surface area contributed by atoms with Crippen LogP contribution in [0.1, 0.15) is 12.0 Å². The fourth-order valence-corrected chi connectivity index (χ4v) is 6.72. The van der Waals surface area contributed by atoms with Gasteiger partial charge >= 0.3 is 0 Å². The molecule has 1 amide bonds. The van der Waals surface area contributed by atoms with Crippen LogP contribution in [0.15, 0.2) is 64.5 Å². The molecule has 3 rings (SSSR count). The Morgan fingerprint density at radius 1 is 1.16 bits per heavy atom. The van der Waals surface area contributed by atoms with E-state index >= 15 is 0 Å². The SMILES string of the molecule is NC(N)=NCCCONc1ccc(CC(NC(=O)C2CSCN2S(=O)(=O)c2ccccc2)C(O)O)cc1. The number of aliphatic hydroxyl groups excluding tert-OH is 1. The number of aliphatic hydroxyl groups is 2. The highest BCUT2D eigenvalue weighted by atomic mass is 32.2. The van der Waals surface area contributed by atoms with E-state index in [0.29, 0.717) is 25.3 Å². The van der Waals surface area contributed by atoms with E-state index < -0.39 is 34.3 Å². The number of carbonyl (C=O) groups is 1. The average Bonchev–Trinajstić information content (AvgIpc) is 3.38. The first-order chi connectivity index (χ1) is 17.7. The van der Waals surface area contributed by atoms with Crippen molar-refractivity contribution in [2.45, 2.75) is 36.1 Å². The highest BCUT2D eigenvalue weighted by Gasteiger charge is 2.40. The first kappa shape index (κ1) is 28.7. The molecule has 0 spiro atoms. The zero-order valence-electron chi connectivity index (χ0n) is 20.1. The summed E-state index contributed by atoms with van der Waals surface area (Å²) in [7, 11) is -3.88. The molecule has 2 atom stereocenters. The number of sulfonamides is 1. The van der Waals surface area contributed by atoms with Crippen molar-refractivity contribution in [1.82, 2.24) is 9.62 Å². The first-order valence-electron chi connectivity index (χ1n) is 11.5. The van der Waals surface area contributed by atoms with Crippen LogP contribution in [0.5, 0.6) is 0 Å². The molecule has 37 heavy (non-hydrogen) atoms. The molecule has 0 saturated carbocycles. The van der Waals surface area contributed by atoms with Gasteiger partial charge in [-0.05, 0) is 42.7 Å². The summed E-state index contributed by atoms with van der Waals surface area (Å²) in [5.74, 6) is -0.164. The Morgan fingerprint density at radius 2 is 1.86 bits per heavy atom. The number of amides is 1. The summed E-state index contributed by atoms with van der Waals surface area (Å²) in [5.41, 5.74) is 14.7. The average molecular weight is 553 g/mol. The maximum Gasteiger partial charge on any atom is 0.244 e. The van der Waals surface area contributed by atoms with Gasteiger partial charge in [-0.1, -0.05) is 30.3 Å². The molecule has 1 aliphatic rings. The zero-order chi connectivity index (χ0) is 26.8. The van der Waals surface area contributed by atoms with Gasteiger partial charge in [0.1, 0.15) is 6.04 Å². The van der Waals surface area contributed by atoms with Crippen LogP contribution >= 0.6 is 11.8 Å². The number of hydrogen-bond donors (Lipinski definition) is 6. The number of thioether (sulfide) groups is 1. The van der Waals surface area contributed by atoms with Crippen molar-refractivity contribution in [3.8, 4) is 0 Å². The Hall–Kier alpha value is -2.88. The predicted molar refractivity (Wildman–Crippen MR) is 142 cm³/mol. The quantitative estimate of drug-likeness (QED) is 0.0637. The molecule has 0 radical (unpaired) electrons. The molecule has 12 nitrogen and oxygen atoms in total. The van der Waals surface area contributed by atoms with Crippen LogP contribution in [-0.2, 0) is 26.1 Å². The Balaban J connectivity index is 1.56. The maximum absolute atomic E-state index is 13.0. The molecule has 14 heteroatoms. The molecule has 1 saturated heterocycles. The van der Waals surface area contributed by atoms with Gasteiger partial charge < -0.3 is 27.0 Å². The fraction of sp³-hybridized carbons (Fsp3) is 0.391. The summed E-state index contributed by atoms with van der Waals surface area (Å²) in [4.78, 5) is 22.3. The monoisotopic (exact) mass is 552 g/mol. The third-order valence-corrected chi connectivity index (χ3v) is 8.52. The van der Waals surface area contributed by atoms with Crippen molar-refractivity contribution in [3.63, 3.8) is 0 Å². The summed E-state index contributed by atoms with van der Waals surface area (Å²) in [6.07, 6.45) is -1.10. The number of hydrogen-bond acceptors (Lipinski definition) is 9. The van der Waals surface area contributed by atoms with Crippen LogP contribution in [0.2, 0.25) is 0 Å². The third-order valence-electron chi connectivity index (χ3n) is 5.48. The second-order valence-electron chi connectivity index (χ2n) is 8.26. The van der Waals surface area contributed by atoms with Gasteiger partial charge in [-0.15, -0.1) is 11.8 Å². The standard InChI is InChI=1S/C23H32N6O6S2/c24-23(25)26-11-4-12-35-28-17-9-7-16(8-10-17)13-19(22(31)32)27-21(30)20-14-36-15-29(20)37(33,34)18-5-2-1-3-6-18/h1-3,5-10,19-20,22,28,31-32H,4,11-15H2,(H,27,30)(H4,24,25,26). The van der Waals surface area contributed by atoms with Gasteiger partial charge in [0.15, 0.2) is 12.2 Å². The van der Waals surface area contributed by atoms with Crippen LogP contribution in [0.25, 0.3) is 0 Å². The number of guanidine groups is 1. The molecule has 202 valence electrons. The third kappa shape index (κ3) is 8.31. The van der Waals surface area contributed by atoms with E-state index in [0.717, 1.165) is 9.87 Å². The van der Waals surface area contributed by atoms with Crippen molar-refractivity contribution in [3.05, 3.63) is 60.2 Å². The lowest BCUT2D eigenvalue weighted by atomic mass is 10.0. The second kappa shape index (κ2) is 13.6. The molecule has 1 fully saturated rings. The molecular weight excluding hydrogens is 520 g/mol. The Kier molecular flexibility index (Phi) is 10.5. The van der Waals surface area contributed by atoms with Crippen LogP contribution in [0.3, 0.4) is 0 Å². The van der Waals surface area contributed by atoms with Gasteiger partial charge in [-0.2, -0.15) is 4.31 Å². The summed E-state index contributed by atoms with van der Waals surface area (Å²) in [5, 5.41) is 22.4. The van der Waals surface area contributed by atoms with E-state index in [2.05, 4.69) is 15.8 Å². The molecule has 0 aliphatic carbocycles. The zero-order valence-corrected chi connectivity index (χ0v) is 21.7.